The zero-order valence-corrected chi connectivity index (χ0v) is 11.6. The van der Waals surface area contributed by atoms with Crippen molar-refractivity contribution in [2.75, 3.05) is 7.11 Å². The van der Waals surface area contributed by atoms with Gasteiger partial charge in [-0.2, -0.15) is 0 Å². The van der Waals surface area contributed by atoms with Crippen molar-refractivity contribution in [3.05, 3.63) is 42.0 Å². The number of methoxy groups -OCH3 is 1. The number of para-hydroxylation sites is 1. The van der Waals surface area contributed by atoms with Crippen LogP contribution in [0.25, 0.3) is 0 Å². The summed E-state index contributed by atoms with van der Waals surface area (Å²) in [7, 11) is 1.69. The van der Waals surface area contributed by atoms with Crippen molar-refractivity contribution in [1.29, 1.82) is 0 Å². The first kappa shape index (κ1) is 13.5. The van der Waals surface area contributed by atoms with Crippen molar-refractivity contribution in [2.24, 2.45) is 0 Å². The summed E-state index contributed by atoms with van der Waals surface area (Å²) in [5, 5.41) is 11.5. The maximum absolute atomic E-state index is 5.38. The van der Waals surface area contributed by atoms with E-state index in [1.54, 1.807) is 13.4 Å². The quantitative estimate of drug-likeness (QED) is 0.864. The predicted molar refractivity (Wildman–Crippen MR) is 73.9 cm³/mol. The maximum Gasteiger partial charge on any atom is 0.146 e. The smallest absolute Gasteiger partial charge is 0.146 e. The van der Waals surface area contributed by atoms with E-state index in [0.717, 1.165) is 23.7 Å². The number of nitrogens with one attached hydrogen (secondary N) is 1. The molecule has 2 aromatic rings. The van der Waals surface area contributed by atoms with Crippen LogP contribution >= 0.6 is 0 Å². The Labute approximate surface area is 113 Å². The molecule has 5 nitrogen and oxygen atoms in total. The summed E-state index contributed by atoms with van der Waals surface area (Å²) < 4.78 is 7.40. The van der Waals surface area contributed by atoms with Gasteiger partial charge < -0.3 is 14.6 Å². The highest BCUT2D eigenvalue weighted by atomic mass is 16.5. The highest BCUT2D eigenvalue weighted by Gasteiger charge is 2.11. The first-order valence-electron chi connectivity index (χ1n) is 6.49. The minimum Gasteiger partial charge on any atom is -0.496 e. The van der Waals surface area contributed by atoms with Crippen LogP contribution in [0, 0.1) is 0 Å². The van der Waals surface area contributed by atoms with Gasteiger partial charge in [0.15, 0.2) is 0 Å². The van der Waals surface area contributed by atoms with E-state index in [1.807, 2.05) is 22.8 Å². The van der Waals surface area contributed by atoms with E-state index >= 15 is 0 Å². The molecule has 1 unspecified atom stereocenters. The van der Waals surface area contributed by atoms with Gasteiger partial charge in [0.05, 0.1) is 13.7 Å². The molecule has 0 aliphatic rings. The third kappa shape index (κ3) is 3.12. The van der Waals surface area contributed by atoms with Crippen LogP contribution < -0.4 is 10.1 Å². The van der Waals surface area contributed by atoms with Gasteiger partial charge in [0.1, 0.15) is 17.9 Å². The van der Waals surface area contributed by atoms with Gasteiger partial charge in [0.2, 0.25) is 0 Å². The van der Waals surface area contributed by atoms with Crippen molar-refractivity contribution in [2.45, 2.75) is 33.0 Å². The molecule has 1 heterocycles. The summed E-state index contributed by atoms with van der Waals surface area (Å²) in [5.74, 6) is 1.85. The number of aromatic nitrogens is 3. The highest BCUT2D eigenvalue weighted by molar-refractivity contribution is 5.35. The van der Waals surface area contributed by atoms with Crippen LogP contribution in [-0.4, -0.2) is 21.9 Å². The van der Waals surface area contributed by atoms with Crippen molar-refractivity contribution in [1.82, 2.24) is 20.1 Å². The van der Waals surface area contributed by atoms with Gasteiger partial charge >= 0.3 is 0 Å². The van der Waals surface area contributed by atoms with E-state index < -0.39 is 0 Å². The van der Waals surface area contributed by atoms with E-state index in [2.05, 4.69) is 35.4 Å². The lowest BCUT2D eigenvalue weighted by atomic mass is 10.1. The van der Waals surface area contributed by atoms with Crippen LogP contribution in [0.3, 0.4) is 0 Å². The summed E-state index contributed by atoms with van der Waals surface area (Å²) >= 11 is 0. The number of ether oxygens (including phenoxy) is 1. The fraction of sp³-hybridized carbons (Fsp3) is 0.429. The lowest BCUT2D eigenvalue weighted by Gasteiger charge is -2.17. The van der Waals surface area contributed by atoms with Crippen LogP contribution in [0.15, 0.2) is 30.6 Å². The molecule has 102 valence electrons. The molecule has 0 amide bonds. The Bertz CT molecular complexity index is 524. The van der Waals surface area contributed by atoms with Gasteiger partial charge in [-0.1, -0.05) is 18.2 Å². The minimum absolute atomic E-state index is 0.193. The zero-order valence-electron chi connectivity index (χ0n) is 11.6. The van der Waals surface area contributed by atoms with E-state index in [1.165, 1.54) is 0 Å². The van der Waals surface area contributed by atoms with Crippen molar-refractivity contribution in [3.63, 3.8) is 0 Å². The maximum atomic E-state index is 5.38. The van der Waals surface area contributed by atoms with Crippen LogP contribution in [0.4, 0.5) is 0 Å². The Kier molecular flexibility index (Phi) is 4.52. The van der Waals surface area contributed by atoms with Crippen molar-refractivity contribution < 1.29 is 4.74 Å². The fourth-order valence-electron chi connectivity index (χ4n) is 2.06. The van der Waals surface area contributed by atoms with E-state index in [-0.39, 0.29) is 6.04 Å². The molecule has 1 aromatic carbocycles. The monoisotopic (exact) mass is 260 g/mol. The Morgan fingerprint density at radius 2 is 2.16 bits per heavy atom. The van der Waals surface area contributed by atoms with E-state index in [4.69, 9.17) is 4.74 Å². The normalized spacial score (nSPS) is 12.4. The van der Waals surface area contributed by atoms with Gasteiger partial charge in [-0.15, -0.1) is 10.2 Å². The largest absolute Gasteiger partial charge is 0.496 e. The number of rotatable bonds is 6. The Morgan fingerprint density at radius 3 is 2.89 bits per heavy atom. The SMILES string of the molecule is CCn1cnnc1CNC(C)c1ccccc1OC. The lowest BCUT2D eigenvalue weighted by molar-refractivity contribution is 0.400. The number of nitrogens with zero attached hydrogens (tertiary/aromatic N) is 3. The molecular formula is C14H20N4O. The third-order valence-corrected chi connectivity index (χ3v) is 3.21. The molecule has 1 N–H and O–H groups in total. The van der Waals surface area contributed by atoms with Gasteiger partial charge in [0, 0.05) is 18.2 Å². The summed E-state index contributed by atoms with van der Waals surface area (Å²) in [6, 6.07) is 8.23. The van der Waals surface area contributed by atoms with Gasteiger partial charge in [-0.25, -0.2) is 0 Å². The van der Waals surface area contributed by atoms with Crippen molar-refractivity contribution in [3.8, 4) is 5.75 Å². The van der Waals surface area contributed by atoms with Crippen LogP contribution in [0.2, 0.25) is 0 Å². The second-order valence-corrected chi connectivity index (χ2v) is 4.38. The Hall–Kier alpha value is -1.88. The molecular weight excluding hydrogens is 240 g/mol. The first-order valence-corrected chi connectivity index (χ1v) is 6.49. The summed E-state index contributed by atoms with van der Waals surface area (Å²) in [5.41, 5.74) is 1.15. The highest BCUT2D eigenvalue weighted by Crippen LogP contribution is 2.24. The lowest BCUT2D eigenvalue weighted by Crippen LogP contribution is -2.21. The molecule has 0 fully saturated rings. The Morgan fingerprint density at radius 1 is 1.37 bits per heavy atom. The topological polar surface area (TPSA) is 52.0 Å². The predicted octanol–water partition coefficient (Wildman–Crippen LogP) is 2.16. The molecule has 0 spiro atoms. The van der Waals surface area contributed by atoms with Gasteiger partial charge in [0.25, 0.3) is 0 Å². The van der Waals surface area contributed by atoms with Crippen LogP contribution in [0.1, 0.15) is 31.3 Å². The van der Waals surface area contributed by atoms with E-state index in [0.29, 0.717) is 6.54 Å². The molecule has 1 atom stereocenters. The standard InChI is InChI=1S/C14H20N4O/c1-4-18-10-16-17-14(18)9-15-11(2)12-7-5-6-8-13(12)19-3/h5-8,10-11,15H,4,9H2,1-3H3. The summed E-state index contributed by atoms with van der Waals surface area (Å²) in [6.07, 6.45) is 1.75. The second-order valence-electron chi connectivity index (χ2n) is 4.38. The fourth-order valence-corrected chi connectivity index (χ4v) is 2.06. The third-order valence-electron chi connectivity index (χ3n) is 3.21. The second kappa shape index (κ2) is 6.33. The Balaban J connectivity index is 2.03. The van der Waals surface area contributed by atoms with E-state index in [9.17, 15) is 0 Å². The minimum atomic E-state index is 0.193. The first-order chi connectivity index (χ1) is 9.26. The van der Waals surface area contributed by atoms with Gasteiger partial charge in [-0.05, 0) is 19.9 Å². The molecule has 0 radical (unpaired) electrons. The zero-order chi connectivity index (χ0) is 13.7. The molecule has 1 aromatic heterocycles. The molecule has 0 aliphatic heterocycles. The number of hydrogen-bond acceptors (Lipinski definition) is 4. The van der Waals surface area contributed by atoms with Crippen molar-refractivity contribution >= 4 is 0 Å². The average molecular weight is 260 g/mol. The number of aryl methyl sites for hydroxylation is 1. The van der Waals surface area contributed by atoms with Gasteiger partial charge in [-0.3, -0.25) is 0 Å². The van der Waals surface area contributed by atoms with Crippen LogP contribution in [-0.2, 0) is 13.1 Å². The van der Waals surface area contributed by atoms with Crippen LogP contribution in [0.5, 0.6) is 5.75 Å². The molecule has 0 bridgehead atoms. The molecule has 5 heteroatoms. The molecule has 19 heavy (non-hydrogen) atoms. The average Bonchev–Trinajstić information content (AvgIpc) is 2.92. The summed E-state index contributed by atoms with van der Waals surface area (Å²) in [4.78, 5) is 0. The number of benzene rings is 1. The molecule has 0 saturated carbocycles. The molecule has 0 aliphatic carbocycles. The number of hydrogen-bond donors (Lipinski definition) is 1. The molecule has 2 rings (SSSR count). The molecule has 0 saturated heterocycles. The summed E-state index contributed by atoms with van der Waals surface area (Å²) in [6.45, 7) is 5.77.